The molecule has 0 aliphatic heterocycles. The molecule has 1 rings (SSSR count). The highest BCUT2D eigenvalue weighted by Crippen LogP contribution is 2.02. The zero-order valence-corrected chi connectivity index (χ0v) is 7.59. The zero-order valence-electron chi connectivity index (χ0n) is 7.59. The van der Waals surface area contributed by atoms with Gasteiger partial charge in [-0.1, -0.05) is 36.8 Å². The van der Waals surface area contributed by atoms with Crippen molar-refractivity contribution in [1.82, 2.24) is 0 Å². The number of hydrogen-bond acceptors (Lipinski definition) is 1. The van der Waals surface area contributed by atoms with Crippen molar-refractivity contribution in [2.45, 2.75) is 20.3 Å². The lowest BCUT2D eigenvalue weighted by Gasteiger charge is -1.94. The van der Waals surface area contributed by atoms with Gasteiger partial charge < -0.3 is 5.73 Å². The SMILES string of the molecule is CCc1ccc(C)cc1.CN. The second-order valence-corrected chi connectivity index (χ2v) is 2.34. The third-order valence-corrected chi connectivity index (χ3v) is 1.53. The van der Waals surface area contributed by atoms with E-state index in [1.165, 1.54) is 18.2 Å². The first kappa shape index (κ1) is 10.2. The van der Waals surface area contributed by atoms with Gasteiger partial charge in [0.05, 0.1) is 0 Å². The summed E-state index contributed by atoms with van der Waals surface area (Å²) in [7, 11) is 1.50. The molecule has 1 aromatic carbocycles. The highest BCUT2D eigenvalue weighted by molar-refractivity contribution is 5.20. The Kier molecular flexibility index (Phi) is 5.49. The first-order valence-corrected chi connectivity index (χ1v) is 3.96. The van der Waals surface area contributed by atoms with Crippen molar-refractivity contribution < 1.29 is 0 Å². The van der Waals surface area contributed by atoms with Gasteiger partial charge in [-0.3, -0.25) is 0 Å². The monoisotopic (exact) mass is 151 g/mol. The first-order valence-electron chi connectivity index (χ1n) is 3.96. The fraction of sp³-hybridized carbons (Fsp3) is 0.400. The summed E-state index contributed by atoms with van der Waals surface area (Å²) in [5.41, 5.74) is 7.26. The lowest BCUT2D eigenvalue weighted by Crippen LogP contribution is -1.77. The van der Waals surface area contributed by atoms with Crippen molar-refractivity contribution >= 4 is 0 Å². The molecule has 0 spiro atoms. The van der Waals surface area contributed by atoms with Crippen molar-refractivity contribution in [3.63, 3.8) is 0 Å². The molecule has 0 bridgehead atoms. The molecule has 0 saturated heterocycles. The van der Waals surface area contributed by atoms with Gasteiger partial charge in [0.2, 0.25) is 0 Å². The highest BCUT2D eigenvalue weighted by Gasteiger charge is 1.84. The van der Waals surface area contributed by atoms with Gasteiger partial charge in [-0.05, 0) is 26.0 Å². The molecule has 0 amide bonds. The Labute approximate surface area is 69.2 Å². The topological polar surface area (TPSA) is 26.0 Å². The van der Waals surface area contributed by atoms with Crippen LogP contribution in [0.5, 0.6) is 0 Å². The van der Waals surface area contributed by atoms with Crippen LogP contribution in [0.15, 0.2) is 24.3 Å². The summed E-state index contributed by atoms with van der Waals surface area (Å²) in [5, 5.41) is 0. The van der Waals surface area contributed by atoms with Crippen LogP contribution >= 0.6 is 0 Å². The Balaban J connectivity index is 0.000000461. The van der Waals surface area contributed by atoms with Crippen LogP contribution in [0.1, 0.15) is 18.1 Å². The van der Waals surface area contributed by atoms with Gasteiger partial charge in [-0.25, -0.2) is 0 Å². The molecule has 1 heteroatoms. The Bertz CT molecular complexity index is 177. The van der Waals surface area contributed by atoms with E-state index >= 15 is 0 Å². The maximum atomic E-state index is 4.50. The second kappa shape index (κ2) is 5.93. The number of rotatable bonds is 1. The summed E-state index contributed by atoms with van der Waals surface area (Å²) in [6.45, 7) is 4.28. The van der Waals surface area contributed by atoms with Crippen molar-refractivity contribution in [3.8, 4) is 0 Å². The van der Waals surface area contributed by atoms with Crippen LogP contribution in [0.2, 0.25) is 0 Å². The van der Waals surface area contributed by atoms with E-state index in [1.807, 2.05) is 0 Å². The summed E-state index contributed by atoms with van der Waals surface area (Å²) in [6, 6.07) is 8.66. The molecule has 11 heavy (non-hydrogen) atoms. The van der Waals surface area contributed by atoms with E-state index in [-0.39, 0.29) is 0 Å². The van der Waals surface area contributed by atoms with E-state index in [9.17, 15) is 0 Å². The zero-order chi connectivity index (χ0) is 8.69. The van der Waals surface area contributed by atoms with Crippen LogP contribution < -0.4 is 5.73 Å². The molecule has 1 aromatic rings. The van der Waals surface area contributed by atoms with Gasteiger partial charge in [0.25, 0.3) is 0 Å². The van der Waals surface area contributed by atoms with Gasteiger partial charge in [0.15, 0.2) is 0 Å². The Morgan fingerprint density at radius 1 is 1.09 bits per heavy atom. The number of nitrogens with two attached hydrogens (primary N) is 1. The van der Waals surface area contributed by atoms with Crippen LogP contribution in [0, 0.1) is 6.92 Å². The molecular weight excluding hydrogens is 134 g/mol. The largest absolute Gasteiger partial charge is 0.333 e. The average molecular weight is 151 g/mol. The van der Waals surface area contributed by atoms with E-state index in [1.54, 1.807) is 0 Å². The quantitative estimate of drug-likeness (QED) is 0.653. The summed E-state index contributed by atoms with van der Waals surface area (Å²) < 4.78 is 0. The predicted molar refractivity (Wildman–Crippen MR) is 50.7 cm³/mol. The standard InChI is InChI=1S/C9H12.CH5N/c1-3-9-6-4-8(2)5-7-9;1-2/h4-7H,3H2,1-2H3;2H2,1H3. The molecule has 0 fully saturated rings. The Hall–Kier alpha value is -0.820. The molecule has 0 aliphatic carbocycles. The van der Waals surface area contributed by atoms with Crippen molar-refractivity contribution in [2.75, 3.05) is 7.05 Å². The molecule has 0 aliphatic rings. The molecule has 0 atom stereocenters. The molecule has 0 saturated carbocycles. The normalized spacial score (nSPS) is 8.36. The van der Waals surface area contributed by atoms with Crippen LogP contribution in [-0.4, -0.2) is 7.05 Å². The average Bonchev–Trinajstić information content (AvgIpc) is 2.10. The molecule has 1 nitrogen and oxygen atoms in total. The van der Waals surface area contributed by atoms with Gasteiger partial charge in [0, 0.05) is 0 Å². The Morgan fingerprint density at radius 2 is 1.55 bits per heavy atom. The maximum absolute atomic E-state index is 4.50. The van der Waals surface area contributed by atoms with Crippen LogP contribution in [0.3, 0.4) is 0 Å². The summed E-state index contributed by atoms with van der Waals surface area (Å²) in [4.78, 5) is 0. The fourth-order valence-electron chi connectivity index (χ4n) is 0.824. The van der Waals surface area contributed by atoms with Crippen LogP contribution in [-0.2, 0) is 6.42 Å². The van der Waals surface area contributed by atoms with Crippen LogP contribution in [0.4, 0.5) is 0 Å². The van der Waals surface area contributed by atoms with Gasteiger partial charge in [0.1, 0.15) is 0 Å². The lowest BCUT2D eigenvalue weighted by atomic mass is 10.1. The van der Waals surface area contributed by atoms with Gasteiger partial charge >= 0.3 is 0 Å². The van der Waals surface area contributed by atoms with Gasteiger partial charge in [-0.2, -0.15) is 0 Å². The summed E-state index contributed by atoms with van der Waals surface area (Å²) in [5.74, 6) is 0. The third-order valence-electron chi connectivity index (χ3n) is 1.53. The molecular formula is C10H17N. The molecule has 0 radical (unpaired) electrons. The summed E-state index contributed by atoms with van der Waals surface area (Å²) in [6.07, 6.45) is 1.14. The van der Waals surface area contributed by atoms with Crippen LogP contribution in [0.25, 0.3) is 0 Å². The lowest BCUT2D eigenvalue weighted by molar-refractivity contribution is 1.14. The van der Waals surface area contributed by atoms with E-state index in [0.717, 1.165) is 6.42 Å². The fourth-order valence-corrected chi connectivity index (χ4v) is 0.824. The highest BCUT2D eigenvalue weighted by atomic mass is 14.4. The number of aryl methyl sites for hydroxylation is 2. The minimum absolute atomic E-state index is 1.14. The minimum Gasteiger partial charge on any atom is -0.333 e. The Morgan fingerprint density at radius 3 is 1.91 bits per heavy atom. The van der Waals surface area contributed by atoms with Crippen molar-refractivity contribution in [2.24, 2.45) is 5.73 Å². The third kappa shape index (κ3) is 3.79. The molecule has 2 N–H and O–H groups in total. The summed E-state index contributed by atoms with van der Waals surface area (Å²) >= 11 is 0. The maximum Gasteiger partial charge on any atom is -0.0195 e. The smallest absolute Gasteiger partial charge is 0.0195 e. The van der Waals surface area contributed by atoms with Crippen molar-refractivity contribution in [1.29, 1.82) is 0 Å². The predicted octanol–water partition coefficient (Wildman–Crippen LogP) is 2.13. The molecule has 0 aromatic heterocycles. The molecule has 62 valence electrons. The van der Waals surface area contributed by atoms with E-state index < -0.39 is 0 Å². The van der Waals surface area contributed by atoms with E-state index in [4.69, 9.17) is 0 Å². The second-order valence-electron chi connectivity index (χ2n) is 2.34. The first-order chi connectivity index (χ1) is 5.33. The number of hydrogen-bond donors (Lipinski definition) is 1. The van der Waals surface area contributed by atoms with Crippen molar-refractivity contribution in [3.05, 3.63) is 35.4 Å². The molecule has 0 heterocycles. The van der Waals surface area contributed by atoms with E-state index in [2.05, 4.69) is 43.8 Å². The number of benzene rings is 1. The minimum atomic E-state index is 1.14. The van der Waals surface area contributed by atoms with E-state index in [0.29, 0.717) is 0 Å². The van der Waals surface area contributed by atoms with Gasteiger partial charge in [-0.15, -0.1) is 0 Å². The molecule has 0 unspecified atom stereocenters.